The molecule has 37 heavy (non-hydrogen) atoms. The molecule has 6 N–H and O–H groups in total. The molecule has 1 aromatic carbocycles. The number of primary amides is 1. The number of carbonyl (C=O) groups is 3. The molecule has 0 unspecified atom stereocenters. The molecular weight excluding hydrogens is 502 g/mol. The number of halogens is 1. The third-order valence-electron chi connectivity index (χ3n) is 7.78. The normalized spacial score (nSPS) is 27.5. The van der Waals surface area contributed by atoms with Crippen LogP contribution in [0.15, 0.2) is 28.7 Å². The molecule has 3 aliphatic rings. The van der Waals surface area contributed by atoms with E-state index in [9.17, 15) is 34.8 Å². The fourth-order valence-corrected chi connectivity index (χ4v) is 6.51. The van der Waals surface area contributed by atoms with Crippen LogP contribution in [0.1, 0.15) is 41.3 Å². The van der Waals surface area contributed by atoms with Gasteiger partial charge < -0.3 is 31.1 Å². The Kier molecular flexibility index (Phi) is 6.91. The lowest BCUT2D eigenvalue weighted by Gasteiger charge is -2.50. The molecule has 0 radical (unpaired) electrons. The van der Waals surface area contributed by atoms with E-state index in [2.05, 4.69) is 0 Å². The average Bonchev–Trinajstić information content (AvgIpc) is 2.79. The molecule has 0 fully saturated rings. The Morgan fingerprint density at radius 2 is 1.86 bits per heavy atom. The number of Topliss-reactive ketones (excluding diaryl/α,β-unsaturated/α-hetero) is 2. The van der Waals surface area contributed by atoms with E-state index in [4.69, 9.17) is 17.3 Å². The monoisotopic (exact) mass is 533 g/mol. The Balaban J connectivity index is 1.88. The maximum atomic E-state index is 13.7. The third kappa shape index (κ3) is 3.94. The summed E-state index contributed by atoms with van der Waals surface area (Å²) in [5.74, 6) is -6.82. The van der Waals surface area contributed by atoms with Crippen LogP contribution in [0.2, 0.25) is 5.02 Å². The van der Waals surface area contributed by atoms with Crippen molar-refractivity contribution >= 4 is 29.1 Å². The average molecular weight is 534 g/mol. The van der Waals surface area contributed by atoms with Crippen molar-refractivity contribution in [2.24, 2.45) is 17.6 Å². The highest BCUT2D eigenvalue weighted by molar-refractivity contribution is 6.33. The Bertz CT molecular complexity index is 1270. The number of aliphatic hydroxyl groups is 3. The van der Waals surface area contributed by atoms with Crippen molar-refractivity contribution in [2.75, 3.05) is 27.7 Å². The van der Waals surface area contributed by atoms with Gasteiger partial charge in [0.2, 0.25) is 5.78 Å². The van der Waals surface area contributed by atoms with Crippen molar-refractivity contribution in [3.8, 4) is 5.75 Å². The first-order valence-corrected chi connectivity index (χ1v) is 12.5. The van der Waals surface area contributed by atoms with E-state index in [1.54, 1.807) is 14.1 Å². The van der Waals surface area contributed by atoms with E-state index in [-0.39, 0.29) is 29.7 Å². The van der Waals surface area contributed by atoms with Crippen LogP contribution in [0.5, 0.6) is 5.75 Å². The first-order chi connectivity index (χ1) is 17.3. The van der Waals surface area contributed by atoms with Crippen LogP contribution in [0, 0.1) is 11.8 Å². The number of amides is 1. The minimum Gasteiger partial charge on any atom is -0.510 e. The van der Waals surface area contributed by atoms with Crippen LogP contribution in [-0.4, -0.2) is 87.0 Å². The van der Waals surface area contributed by atoms with E-state index >= 15 is 0 Å². The number of rotatable bonds is 6. The summed E-state index contributed by atoms with van der Waals surface area (Å²) >= 11 is 6.74. The molecule has 1 amide bonds. The number of phenols is 1. The quantitative estimate of drug-likeness (QED) is 0.341. The minimum absolute atomic E-state index is 0.0167. The Labute approximate surface area is 219 Å². The molecule has 0 aromatic heterocycles. The van der Waals surface area contributed by atoms with Gasteiger partial charge in [-0.25, -0.2) is 0 Å². The Morgan fingerprint density at radius 1 is 1.22 bits per heavy atom. The van der Waals surface area contributed by atoms with Gasteiger partial charge in [-0.15, -0.1) is 0 Å². The van der Waals surface area contributed by atoms with Gasteiger partial charge in [0.25, 0.3) is 5.91 Å². The standard InChI is InChI=1S/C26H32ClN3O7/c1-5-6-30(4)10-12-9-15(31)17-13(19(12)27)7-11-8-14-20(29(2)3)22(33)18(25(28)36)24(35)26(14,37)23(34)16(11)21(17)32/h9,11,14,20,31,33-34,37H,5-8,10H2,1-4H3,(H2,28,36)/t11-,14-,20-,26-/m0/s1. The highest BCUT2D eigenvalue weighted by Crippen LogP contribution is 2.53. The molecule has 4 atom stereocenters. The zero-order chi connectivity index (χ0) is 27.6. The number of hydrogen-bond acceptors (Lipinski definition) is 9. The van der Waals surface area contributed by atoms with Gasteiger partial charge >= 0.3 is 0 Å². The van der Waals surface area contributed by atoms with Gasteiger partial charge in [0.05, 0.1) is 11.6 Å². The number of phenolic OH excluding ortho intramolecular Hbond substituents is 1. The number of carbonyl (C=O) groups excluding carboxylic acids is 3. The lowest BCUT2D eigenvalue weighted by molar-refractivity contribution is -0.148. The van der Waals surface area contributed by atoms with E-state index in [1.807, 2.05) is 18.9 Å². The molecule has 10 nitrogen and oxygen atoms in total. The lowest BCUT2D eigenvalue weighted by atomic mass is 9.58. The second-order valence-electron chi connectivity index (χ2n) is 10.4. The largest absolute Gasteiger partial charge is 0.510 e. The number of benzene rings is 1. The van der Waals surface area contributed by atoms with Gasteiger partial charge in [-0.05, 0) is 70.1 Å². The summed E-state index contributed by atoms with van der Waals surface area (Å²) in [6, 6.07) is 0.381. The van der Waals surface area contributed by atoms with Crippen molar-refractivity contribution in [1.82, 2.24) is 9.80 Å². The molecule has 4 rings (SSSR count). The van der Waals surface area contributed by atoms with Crippen LogP contribution in [-0.2, 0) is 22.6 Å². The number of aromatic hydroxyl groups is 1. The zero-order valence-corrected chi connectivity index (χ0v) is 22.0. The summed E-state index contributed by atoms with van der Waals surface area (Å²) < 4.78 is 0. The molecule has 11 heteroatoms. The smallest absolute Gasteiger partial charge is 0.255 e. The maximum Gasteiger partial charge on any atom is 0.255 e. The molecule has 0 aliphatic heterocycles. The van der Waals surface area contributed by atoms with Crippen molar-refractivity contribution in [2.45, 2.75) is 44.4 Å². The zero-order valence-electron chi connectivity index (χ0n) is 21.2. The molecular formula is C26H32ClN3O7. The fraction of sp³-hybridized carbons (Fsp3) is 0.500. The summed E-state index contributed by atoms with van der Waals surface area (Å²) in [5, 5.41) is 44.9. The fourth-order valence-electron chi connectivity index (χ4n) is 6.22. The van der Waals surface area contributed by atoms with E-state index in [0.29, 0.717) is 22.7 Å². The molecule has 0 heterocycles. The second-order valence-corrected chi connectivity index (χ2v) is 10.8. The van der Waals surface area contributed by atoms with Crippen molar-refractivity contribution in [3.05, 3.63) is 50.4 Å². The topological polar surface area (TPSA) is 165 Å². The third-order valence-corrected chi connectivity index (χ3v) is 8.25. The molecule has 0 bridgehead atoms. The number of aliphatic hydroxyl groups excluding tert-OH is 2. The number of likely N-dealkylation sites (N-methyl/N-ethyl adjacent to an activating group) is 1. The summed E-state index contributed by atoms with van der Waals surface area (Å²) in [6.45, 7) is 3.30. The molecule has 0 spiro atoms. The summed E-state index contributed by atoms with van der Waals surface area (Å²) in [4.78, 5) is 42.5. The van der Waals surface area contributed by atoms with Gasteiger partial charge in [-0.1, -0.05) is 18.5 Å². The lowest BCUT2D eigenvalue weighted by Crippen LogP contribution is -2.63. The molecule has 0 saturated heterocycles. The number of ketones is 2. The number of fused-ring (bicyclic) bond motifs is 3. The molecule has 200 valence electrons. The highest BCUT2D eigenvalue weighted by atomic mass is 35.5. The number of hydrogen-bond donors (Lipinski definition) is 5. The van der Waals surface area contributed by atoms with Gasteiger partial charge in [0, 0.05) is 23.1 Å². The minimum atomic E-state index is -2.66. The van der Waals surface area contributed by atoms with Gasteiger partial charge in [-0.2, -0.15) is 0 Å². The van der Waals surface area contributed by atoms with Crippen LogP contribution in [0.25, 0.3) is 0 Å². The van der Waals surface area contributed by atoms with Crippen LogP contribution < -0.4 is 5.73 Å². The van der Waals surface area contributed by atoms with Crippen molar-refractivity contribution in [1.29, 1.82) is 0 Å². The first-order valence-electron chi connectivity index (χ1n) is 12.1. The van der Waals surface area contributed by atoms with E-state index in [1.165, 1.54) is 11.0 Å². The molecule has 3 aliphatic carbocycles. The van der Waals surface area contributed by atoms with Gasteiger partial charge in [0.15, 0.2) is 11.4 Å². The molecule has 0 saturated carbocycles. The number of nitrogens with zero attached hydrogens (tertiary/aromatic N) is 2. The van der Waals surface area contributed by atoms with Crippen LogP contribution in [0.4, 0.5) is 0 Å². The maximum absolute atomic E-state index is 13.7. The number of allylic oxidation sites excluding steroid dienone is 1. The van der Waals surface area contributed by atoms with Crippen molar-refractivity contribution in [3.63, 3.8) is 0 Å². The van der Waals surface area contributed by atoms with E-state index in [0.717, 1.165) is 13.0 Å². The molecule has 1 aromatic rings. The van der Waals surface area contributed by atoms with Gasteiger partial charge in [0.1, 0.15) is 22.8 Å². The summed E-state index contributed by atoms with van der Waals surface area (Å²) in [6.07, 6.45) is 1.10. The Hall–Kier alpha value is -2.92. The predicted octanol–water partition coefficient (Wildman–Crippen LogP) is 1.62. The summed E-state index contributed by atoms with van der Waals surface area (Å²) in [7, 11) is 5.09. The first kappa shape index (κ1) is 27.1. The SMILES string of the molecule is CCCN(C)Cc1cc(O)c2c(c1Cl)C[C@H]1C[C@H]3[C@H](N(C)C)C(O)=C(C(N)=O)C(=O)[C@@]3(O)C(O)=C1C2=O. The van der Waals surface area contributed by atoms with E-state index < -0.39 is 58.0 Å². The summed E-state index contributed by atoms with van der Waals surface area (Å²) in [5.41, 5.74) is 2.63. The van der Waals surface area contributed by atoms with Crippen LogP contribution in [0.3, 0.4) is 0 Å². The predicted molar refractivity (Wildman–Crippen MR) is 135 cm³/mol. The van der Waals surface area contributed by atoms with Crippen LogP contribution >= 0.6 is 11.6 Å². The highest BCUT2D eigenvalue weighted by Gasteiger charge is 2.63. The van der Waals surface area contributed by atoms with Crippen molar-refractivity contribution < 1.29 is 34.8 Å². The number of nitrogens with two attached hydrogens (primary N) is 1. The second kappa shape index (κ2) is 9.43. The Morgan fingerprint density at radius 3 is 2.43 bits per heavy atom. The van der Waals surface area contributed by atoms with Gasteiger partial charge in [-0.3, -0.25) is 19.3 Å².